The molecule has 0 saturated carbocycles. The van der Waals surface area contributed by atoms with Gasteiger partial charge in [0, 0.05) is 25.4 Å². The van der Waals surface area contributed by atoms with Crippen molar-refractivity contribution in [2.45, 2.75) is 25.9 Å². The summed E-state index contributed by atoms with van der Waals surface area (Å²) in [6.07, 6.45) is 5.51. The van der Waals surface area contributed by atoms with E-state index in [2.05, 4.69) is 27.0 Å². The number of aromatic nitrogens is 3. The van der Waals surface area contributed by atoms with Crippen molar-refractivity contribution in [1.29, 1.82) is 0 Å². The number of hydrogen-bond donors (Lipinski definition) is 1. The van der Waals surface area contributed by atoms with Gasteiger partial charge in [0.2, 0.25) is 5.95 Å². The molecule has 110 valence electrons. The summed E-state index contributed by atoms with van der Waals surface area (Å²) < 4.78 is 11.1. The summed E-state index contributed by atoms with van der Waals surface area (Å²) in [4.78, 5) is 8.92. The highest BCUT2D eigenvalue weighted by atomic mass is 16.5. The van der Waals surface area contributed by atoms with Gasteiger partial charge in [-0.15, -0.1) is 6.58 Å². The van der Waals surface area contributed by atoms with Gasteiger partial charge in [0.05, 0.1) is 17.0 Å². The fourth-order valence-corrected chi connectivity index (χ4v) is 2.36. The minimum atomic E-state index is -0.0160. The van der Waals surface area contributed by atoms with E-state index in [-0.39, 0.29) is 6.10 Å². The van der Waals surface area contributed by atoms with Crippen LogP contribution in [-0.4, -0.2) is 28.3 Å². The van der Waals surface area contributed by atoms with Gasteiger partial charge in [0.1, 0.15) is 6.10 Å². The average Bonchev–Trinajstić information content (AvgIpc) is 3.16. The second-order valence-electron chi connectivity index (χ2n) is 5.00. The molecular weight excluding hydrogens is 268 g/mol. The van der Waals surface area contributed by atoms with Crippen LogP contribution in [0.5, 0.6) is 0 Å². The van der Waals surface area contributed by atoms with E-state index in [1.807, 2.05) is 13.0 Å². The van der Waals surface area contributed by atoms with Crippen molar-refractivity contribution >= 4 is 5.95 Å². The lowest BCUT2D eigenvalue weighted by molar-refractivity contribution is 0.109. The standard InChI is InChI=1S/C15H18N4O2/c1-3-6-16-15-17-9-11(13-8-10(2)19-21-13)14(18-15)12-5-4-7-20-12/h3,8-9,12H,1,4-7H2,2H3,(H,16,17,18)/t12-/m0/s1. The minimum Gasteiger partial charge on any atom is -0.372 e. The fourth-order valence-electron chi connectivity index (χ4n) is 2.36. The van der Waals surface area contributed by atoms with Crippen LogP contribution in [0.3, 0.4) is 0 Å². The van der Waals surface area contributed by atoms with E-state index in [9.17, 15) is 0 Å². The van der Waals surface area contributed by atoms with Crippen LogP contribution in [-0.2, 0) is 4.74 Å². The first-order valence-corrected chi connectivity index (χ1v) is 7.05. The molecule has 0 aromatic carbocycles. The summed E-state index contributed by atoms with van der Waals surface area (Å²) in [5.74, 6) is 1.24. The van der Waals surface area contributed by atoms with Crippen molar-refractivity contribution in [1.82, 2.24) is 15.1 Å². The number of anilines is 1. The number of rotatable bonds is 5. The molecule has 2 aromatic rings. The van der Waals surface area contributed by atoms with Crippen molar-refractivity contribution < 1.29 is 9.26 Å². The largest absolute Gasteiger partial charge is 0.372 e. The Morgan fingerprint density at radius 3 is 3.10 bits per heavy atom. The monoisotopic (exact) mass is 286 g/mol. The Bertz CT molecular complexity index is 632. The molecule has 2 aromatic heterocycles. The topological polar surface area (TPSA) is 73.1 Å². The summed E-state index contributed by atoms with van der Waals surface area (Å²) >= 11 is 0. The lowest BCUT2D eigenvalue weighted by atomic mass is 10.1. The van der Waals surface area contributed by atoms with Gasteiger partial charge in [-0.2, -0.15) is 0 Å². The number of hydrogen-bond acceptors (Lipinski definition) is 6. The van der Waals surface area contributed by atoms with E-state index in [0.717, 1.165) is 36.4 Å². The van der Waals surface area contributed by atoms with Gasteiger partial charge in [-0.1, -0.05) is 11.2 Å². The molecule has 6 heteroatoms. The Kier molecular flexibility index (Phi) is 3.96. The molecule has 1 fully saturated rings. The van der Waals surface area contributed by atoms with E-state index in [1.54, 1.807) is 12.3 Å². The quantitative estimate of drug-likeness (QED) is 0.852. The van der Waals surface area contributed by atoms with Gasteiger partial charge in [-0.05, 0) is 19.8 Å². The van der Waals surface area contributed by atoms with Crippen molar-refractivity contribution in [2.24, 2.45) is 0 Å². The number of aryl methyl sites for hydroxylation is 1. The second-order valence-corrected chi connectivity index (χ2v) is 5.00. The maximum absolute atomic E-state index is 5.77. The summed E-state index contributed by atoms with van der Waals surface area (Å²) in [5.41, 5.74) is 2.52. The smallest absolute Gasteiger partial charge is 0.223 e. The molecule has 1 atom stereocenters. The minimum absolute atomic E-state index is 0.0160. The van der Waals surface area contributed by atoms with E-state index < -0.39 is 0 Å². The van der Waals surface area contributed by atoms with E-state index in [0.29, 0.717) is 18.3 Å². The van der Waals surface area contributed by atoms with Crippen LogP contribution in [0.15, 0.2) is 29.4 Å². The van der Waals surface area contributed by atoms with Gasteiger partial charge < -0.3 is 14.6 Å². The summed E-state index contributed by atoms with van der Waals surface area (Å²) in [6.45, 7) is 6.95. The van der Waals surface area contributed by atoms with Gasteiger partial charge in [0.25, 0.3) is 0 Å². The molecule has 0 aliphatic carbocycles. The Hall–Kier alpha value is -2.21. The Labute approximate surface area is 123 Å². The third-order valence-electron chi connectivity index (χ3n) is 3.35. The van der Waals surface area contributed by atoms with Crippen LogP contribution in [0.2, 0.25) is 0 Å². The van der Waals surface area contributed by atoms with Crippen LogP contribution in [0.25, 0.3) is 11.3 Å². The average molecular weight is 286 g/mol. The molecule has 0 radical (unpaired) electrons. The maximum Gasteiger partial charge on any atom is 0.223 e. The molecule has 0 unspecified atom stereocenters. The molecule has 0 spiro atoms. The van der Waals surface area contributed by atoms with E-state index in [4.69, 9.17) is 9.26 Å². The molecule has 1 saturated heterocycles. The molecule has 3 rings (SSSR count). The summed E-state index contributed by atoms with van der Waals surface area (Å²) in [6, 6.07) is 1.88. The first-order chi connectivity index (χ1) is 10.3. The molecule has 1 aliphatic rings. The molecule has 1 N–H and O–H groups in total. The Morgan fingerprint density at radius 2 is 2.43 bits per heavy atom. The second kappa shape index (κ2) is 6.05. The van der Waals surface area contributed by atoms with Gasteiger partial charge in [-0.25, -0.2) is 9.97 Å². The normalized spacial score (nSPS) is 17.9. The van der Waals surface area contributed by atoms with Crippen molar-refractivity contribution in [3.05, 3.63) is 36.3 Å². The zero-order valence-electron chi connectivity index (χ0n) is 12.0. The molecule has 6 nitrogen and oxygen atoms in total. The predicted molar refractivity (Wildman–Crippen MR) is 78.9 cm³/mol. The molecule has 21 heavy (non-hydrogen) atoms. The van der Waals surface area contributed by atoms with Crippen molar-refractivity contribution in [3.8, 4) is 11.3 Å². The Balaban J connectivity index is 1.99. The lowest BCUT2D eigenvalue weighted by Gasteiger charge is -2.13. The molecule has 3 heterocycles. The number of nitrogens with zero attached hydrogens (tertiary/aromatic N) is 3. The highest BCUT2D eigenvalue weighted by molar-refractivity contribution is 5.61. The first-order valence-electron chi connectivity index (χ1n) is 7.05. The predicted octanol–water partition coefficient (Wildman–Crippen LogP) is 2.89. The molecule has 0 bridgehead atoms. The van der Waals surface area contributed by atoms with Gasteiger partial charge in [-0.3, -0.25) is 0 Å². The maximum atomic E-state index is 5.77. The van der Waals surface area contributed by atoms with Crippen molar-refractivity contribution in [2.75, 3.05) is 18.5 Å². The molecule has 0 amide bonds. The third kappa shape index (κ3) is 2.95. The fraction of sp³-hybridized carbons (Fsp3) is 0.400. The van der Waals surface area contributed by atoms with Gasteiger partial charge in [0.15, 0.2) is 5.76 Å². The van der Waals surface area contributed by atoms with Crippen molar-refractivity contribution in [3.63, 3.8) is 0 Å². The summed E-state index contributed by atoms with van der Waals surface area (Å²) in [5, 5.41) is 7.03. The zero-order valence-corrected chi connectivity index (χ0v) is 12.0. The Morgan fingerprint density at radius 1 is 1.52 bits per heavy atom. The first kappa shape index (κ1) is 13.8. The number of nitrogens with one attached hydrogen (secondary N) is 1. The van der Waals surface area contributed by atoms with Crippen LogP contribution in [0.1, 0.15) is 30.3 Å². The third-order valence-corrected chi connectivity index (χ3v) is 3.35. The molecule has 1 aliphatic heterocycles. The van der Waals surface area contributed by atoms with Crippen LogP contribution in [0, 0.1) is 6.92 Å². The van der Waals surface area contributed by atoms with E-state index in [1.165, 1.54) is 0 Å². The SMILES string of the molecule is C=CCNc1ncc(-c2cc(C)no2)c([C@@H]2CCCO2)n1. The zero-order chi connectivity index (χ0) is 14.7. The van der Waals surface area contributed by atoms with E-state index >= 15 is 0 Å². The lowest BCUT2D eigenvalue weighted by Crippen LogP contribution is -2.08. The highest BCUT2D eigenvalue weighted by Gasteiger charge is 2.25. The van der Waals surface area contributed by atoms with Crippen LogP contribution < -0.4 is 5.32 Å². The highest BCUT2D eigenvalue weighted by Crippen LogP contribution is 2.34. The van der Waals surface area contributed by atoms with Crippen LogP contribution >= 0.6 is 0 Å². The number of ether oxygens (including phenoxy) is 1. The van der Waals surface area contributed by atoms with Gasteiger partial charge >= 0.3 is 0 Å². The summed E-state index contributed by atoms with van der Waals surface area (Å²) in [7, 11) is 0. The van der Waals surface area contributed by atoms with Crippen LogP contribution in [0.4, 0.5) is 5.95 Å². The molecular formula is C15H18N4O2.